The average Bonchev–Trinajstić information content (AvgIpc) is 2.93. The van der Waals surface area contributed by atoms with Gasteiger partial charge in [-0.15, -0.1) is 0 Å². The molecule has 0 bridgehead atoms. The maximum atomic E-state index is 14.2. The first-order valence-corrected chi connectivity index (χ1v) is 14.9. The van der Waals surface area contributed by atoms with Crippen molar-refractivity contribution in [3.8, 4) is 0 Å². The molecular formula is C30H46O12. The van der Waals surface area contributed by atoms with Crippen LogP contribution in [0.2, 0.25) is 0 Å². The number of carbonyl (C=O) groups is 2. The lowest BCUT2D eigenvalue weighted by molar-refractivity contribution is -0.380. The highest BCUT2D eigenvalue weighted by atomic mass is 16.8. The number of Topliss-reactive ketones (excluding diaryl/α,β-unsaturated/α-hetero) is 1. The minimum Gasteiger partial charge on any atom is -0.493 e. The summed E-state index contributed by atoms with van der Waals surface area (Å²) in [6, 6.07) is 0. The van der Waals surface area contributed by atoms with E-state index in [2.05, 4.69) is 6.92 Å². The molecule has 2 saturated carbocycles. The molecule has 0 aromatic heterocycles. The fourth-order valence-corrected chi connectivity index (χ4v) is 9.39. The van der Waals surface area contributed by atoms with Gasteiger partial charge in [-0.1, -0.05) is 27.7 Å². The second-order valence-corrected chi connectivity index (χ2v) is 13.3. The molecule has 0 radical (unpaired) electrons. The Kier molecular flexibility index (Phi) is 8.60. The molecule has 0 spiro atoms. The van der Waals surface area contributed by atoms with Crippen LogP contribution in [-0.2, 0) is 38.0 Å². The van der Waals surface area contributed by atoms with E-state index in [4.69, 9.17) is 28.4 Å². The molecule has 16 atom stereocenters. The third kappa shape index (κ3) is 4.56. The molecule has 2 saturated heterocycles. The summed E-state index contributed by atoms with van der Waals surface area (Å²) < 4.78 is 36.0. The molecule has 2 aliphatic heterocycles. The molecular weight excluding hydrogens is 552 g/mol. The normalized spacial score (nSPS) is 52.1. The highest BCUT2D eigenvalue weighted by Gasteiger charge is 2.73. The van der Waals surface area contributed by atoms with Crippen molar-refractivity contribution in [3.05, 3.63) is 11.8 Å². The zero-order valence-corrected chi connectivity index (χ0v) is 25.3. The van der Waals surface area contributed by atoms with Crippen molar-refractivity contribution in [2.75, 3.05) is 20.8 Å². The number of methoxy groups -OCH3 is 2. The fraction of sp³-hybridized carbons (Fsp3) is 0.867. The molecule has 42 heavy (non-hydrogen) atoms. The first-order chi connectivity index (χ1) is 19.7. The van der Waals surface area contributed by atoms with E-state index in [0.29, 0.717) is 18.6 Å². The molecule has 0 amide bonds. The van der Waals surface area contributed by atoms with Crippen LogP contribution < -0.4 is 0 Å². The van der Waals surface area contributed by atoms with Crippen LogP contribution in [0.15, 0.2) is 11.8 Å². The van der Waals surface area contributed by atoms with E-state index in [1.165, 1.54) is 14.0 Å². The van der Waals surface area contributed by atoms with Crippen LogP contribution in [0.5, 0.6) is 0 Å². The van der Waals surface area contributed by atoms with Gasteiger partial charge in [-0.05, 0) is 36.2 Å². The van der Waals surface area contributed by atoms with E-state index in [9.17, 15) is 30.0 Å². The van der Waals surface area contributed by atoms with E-state index in [-0.39, 0.29) is 29.5 Å². The van der Waals surface area contributed by atoms with Crippen LogP contribution in [0.1, 0.15) is 47.5 Å². The summed E-state index contributed by atoms with van der Waals surface area (Å²) in [7, 11) is 3.07. The summed E-state index contributed by atoms with van der Waals surface area (Å²) in [5.41, 5.74) is -1.60. The Balaban J connectivity index is 1.56. The van der Waals surface area contributed by atoms with Crippen molar-refractivity contribution < 1.29 is 58.4 Å². The third-order valence-electron chi connectivity index (χ3n) is 11.3. The lowest BCUT2D eigenvalue weighted by Crippen LogP contribution is -2.74. The predicted octanol–water partition coefficient (Wildman–Crippen LogP) is 0.528. The Morgan fingerprint density at radius 3 is 2.31 bits per heavy atom. The standard InChI is InChI=1S/C30H46O12/c1-12-8-17(37-6)27(36)30(5)15(12)9-19-29(4)16(13(2)24(38-7)25(26(29)30)39-14(3)32)10-20(41-19)42-28-23(35)22(34)21(33)18(11-31)40-28/h8,12-13,15-16,18-26,28,31,33-35H,9-11H2,1-7H3. The molecule has 0 aromatic rings. The van der Waals surface area contributed by atoms with E-state index < -0.39 is 84.6 Å². The average molecular weight is 599 g/mol. The fourth-order valence-electron chi connectivity index (χ4n) is 9.39. The van der Waals surface area contributed by atoms with Crippen molar-refractivity contribution in [1.82, 2.24) is 0 Å². The minimum absolute atomic E-state index is 0.0562. The Bertz CT molecular complexity index is 1080. The molecule has 16 unspecified atom stereocenters. The van der Waals surface area contributed by atoms with E-state index in [0.717, 1.165) is 0 Å². The largest absolute Gasteiger partial charge is 0.493 e. The van der Waals surface area contributed by atoms with Gasteiger partial charge in [0.2, 0.25) is 5.78 Å². The Morgan fingerprint density at radius 1 is 1.02 bits per heavy atom. The number of aliphatic hydroxyl groups is 4. The van der Waals surface area contributed by atoms with Crippen LogP contribution in [0.25, 0.3) is 0 Å². The quantitative estimate of drug-likeness (QED) is 0.313. The zero-order chi connectivity index (χ0) is 30.9. The summed E-state index contributed by atoms with van der Waals surface area (Å²) in [4.78, 5) is 26.7. The smallest absolute Gasteiger partial charge is 0.303 e. The van der Waals surface area contributed by atoms with E-state index in [1.54, 1.807) is 7.11 Å². The molecule has 4 N–H and O–H groups in total. The number of fused-ring (bicyclic) bond motifs is 2. The van der Waals surface area contributed by atoms with Gasteiger partial charge in [0, 0.05) is 37.2 Å². The molecule has 12 nitrogen and oxygen atoms in total. The van der Waals surface area contributed by atoms with Gasteiger partial charge in [0.15, 0.2) is 18.3 Å². The Morgan fingerprint density at radius 2 is 1.71 bits per heavy atom. The highest BCUT2D eigenvalue weighted by Crippen LogP contribution is 2.69. The van der Waals surface area contributed by atoms with Crippen LogP contribution in [0.3, 0.4) is 0 Å². The zero-order valence-electron chi connectivity index (χ0n) is 25.3. The third-order valence-corrected chi connectivity index (χ3v) is 11.3. The number of hydrogen-bond acceptors (Lipinski definition) is 12. The number of rotatable bonds is 6. The number of aliphatic hydroxyl groups excluding tert-OH is 4. The summed E-state index contributed by atoms with van der Waals surface area (Å²) in [6.45, 7) is 8.92. The van der Waals surface area contributed by atoms with Crippen molar-refractivity contribution in [2.45, 2.75) is 103 Å². The molecule has 2 heterocycles. The number of allylic oxidation sites excluding steroid dienone is 2. The highest BCUT2D eigenvalue weighted by molar-refractivity contribution is 5.99. The second-order valence-electron chi connectivity index (χ2n) is 13.3. The molecule has 5 aliphatic rings. The predicted molar refractivity (Wildman–Crippen MR) is 144 cm³/mol. The van der Waals surface area contributed by atoms with Crippen LogP contribution >= 0.6 is 0 Å². The monoisotopic (exact) mass is 598 g/mol. The lowest BCUT2D eigenvalue weighted by Gasteiger charge is -2.69. The molecule has 3 aliphatic carbocycles. The second kappa shape index (κ2) is 11.4. The number of ether oxygens (including phenoxy) is 6. The van der Waals surface area contributed by atoms with E-state index in [1.807, 2.05) is 26.8 Å². The van der Waals surface area contributed by atoms with Crippen LogP contribution in [0.4, 0.5) is 0 Å². The van der Waals surface area contributed by atoms with Gasteiger partial charge >= 0.3 is 5.97 Å². The number of esters is 1. The van der Waals surface area contributed by atoms with Gasteiger partial charge in [-0.2, -0.15) is 0 Å². The first kappa shape index (κ1) is 31.8. The van der Waals surface area contributed by atoms with Gasteiger partial charge in [-0.3, -0.25) is 9.59 Å². The number of carbonyl (C=O) groups excluding carboxylic acids is 2. The lowest BCUT2D eigenvalue weighted by atomic mass is 9.38. The van der Waals surface area contributed by atoms with Gasteiger partial charge in [-0.25, -0.2) is 0 Å². The van der Waals surface area contributed by atoms with Gasteiger partial charge in [0.05, 0.1) is 25.9 Å². The first-order valence-electron chi connectivity index (χ1n) is 14.9. The topological polar surface area (TPSA) is 170 Å². The van der Waals surface area contributed by atoms with Crippen LogP contribution in [0, 0.1) is 40.4 Å². The summed E-state index contributed by atoms with van der Waals surface area (Å²) in [6.07, 6.45) is -6.98. The van der Waals surface area contributed by atoms with Crippen molar-refractivity contribution in [3.63, 3.8) is 0 Å². The summed E-state index contributed by atoms with van der Waals surface area (Å²) in [5.74, 6) is -1.29. The van der Waals surface area contributed by atoms with Crippen LogP contribution in [-0.4, -0.2) is 108 Å². The van der Waals surface area contributed by atoms with Crippen molar-refractivity contribution >= 4 is 11.8 Å². The van der Waals surface area contributed by atoms with Gasteiger partial charge < -0.3 is 48.8 Å². The summed E-state index contributed by atoms with van der Waals surface area (Å²) in [5, 5.41) is 40.8. The molecule has 4 fully saturated rings. The maximum absolute atomic E-state index is 14.2. The molecule has 12 heteroatoms. The molecule has 5 rings (SSSR count). The summed E-state index contributed by atoms with van der Waals surface area (Å²) >= 11 is 0. The Labute approximate surface area is 246 Å². The van der Waals surface area contributed by atoms with Crippen molar-refractivity contribution in [1.29, 1.82) is 0 Å². The molecule has 0 aromatic carbocycles. The van der Waals surface area contributed by atoms with E-state index >= 15 is 0 Å². The van der Waals surface area contributed by atoms with Gasteiger partial charge in [0.25, 0.3) is 0 Å². The maximum Gasteiger partial charge on any atom is 0.303 e. The number of hydrogen-bond donors (Lipinski definition) is 4. The molecule has 238 valence electrons. The SMILES string of the molecule is COC1=CC(C)C2CC3OC(OC4OC(CO)C(O)C(O)C4O)CC4C(C)C(OC)C(OC(C)=O)C(C2(C)C1=O)C34C. The van der Waals surface area contributed by atoms with Crippen molar-refractivity contribution in [2.24, 2.45) is 40.4 Å². The Hall–Kier alpha value is -1.64. The minimum atomic E-state index is -1.58. The number of ketones is 1. The van der Waals surface area contributed by atoms with Gasteiger partial charge in [0.1, 0.15) is 30.5 Å².